The normalized spacial score (nSPS) is 14.4. The molecule has 23 heavy (non-hydrogen) atoms. The smallest absolute Gasteiger partial charge is 0.255 e. The van der Waals surface area contributed by atoms with Gasteiger partial charge in [-0.05, 0) is 52.3 Å². The fraction of sp³-hybridized carbons (Fsp3) is 0.222. The lowest BCUT2D eigenvalue weighted by Crippen LogP contribution is -2.48. The van der Waals surface area contributed by atoms with Crippen LogP contribution in [0.4, 0.5) is 5.69 Å². The van der Waals surface area contributed by atoms with Crippen molar-refractivity contribution < 1.29 is 4.79 Å². The van der Waals surface area contributed by atoms with Gasteiger partial charge in [0.2, 0.25) is 0 Å². The molecular formula is C18H16BrN3O. The molecule has 1 heterocycles. The van der Waals surface area contributed by atoms with Gasteiger partial charge in [0.25, 0.3) is 5.91 Å². The number of carbonyl (C=O) groups is 1. The van der Waals surface area contributed by atoms with Crippen molar-refractivity contribution in [1.82, 2.24) is 4.90 Å². The second kappa shape index (κ2) is 6.84. The molecule has 1 amide bonds. The van der Waals surface area contributed by atoms with Gasteiger partial charge in [0.1, 0.15) is 0 Å². The number of hydrogen-bond acceptors (Lipinski definition) is 3. The summed E-state index contributed by atoms with van der Waals surface area (Å²) in [6, 6.07) is 17.2. The predicted octanol–water partition coefficient (Wildman–Crippen LogP) is 3.28. The molecule has 1 fully saturated rings. The Labute approximate surface area is 144 Å². The summed E-state index contributed by atoms with van der Waals surface area (Å²) in [6.07, 6.45) is 0. The van der Waals surface area contributed by atoms with Crippen molar-refractivity contribution in [3.8, 4) is 6.07 Å². The molecule has 1 saturated heterocycles. The lowest BCUT2D eigenvalue weighted by molar-refractivity contribution is 0.0746. The second-order valence-electron chi connectivity index (χ2n) is 5.42. The topological polar surface area (TPSA) is 47.3 Å². The molecule has 2 aromatic rings. The quantitative estimate of drug-likeness (QED) is 0.815. The number of amides is 1. The largest absolute Gasteiger partial charge is 0.368 e. The molecule has 0 atom stereocenters. The van der Waals surface area contributed by atoms with Gasteiger partial charge in [-0.3, -0.25) is 4.79 Å². The van der Waals surface area contributed by atoms with Crippen molar-refractivity contribution in [2.75, 3.05) is 31.1 Å². The average molecular weight is 370 g/mol. The Morgan fingerprint density at radius 3 is 2.26 bits per heavy atom. The van der Waals surface area contributed by atoms with E-state index in [0.29, 0.717) is 24.2 Å². The SMILES string of the molecule is N#Cc1ccc(N2CCN(C(=O)c3ccccc3Br)CC2)cc1. The van der Waals surface area contributed by atoms with Gasteiger partial charge in [0.05, 0.1) is 17.2 Å². The van der Waals surface area contributed by atoms with Gasteiger partial charge in [-0.1, -0.05) is 12.1 Å². The molecule has 0 spiro atoms. The first-order valence-corrected chi connectivity index (χ1v) is 8.27. The van der Waals surface area contributed by atoms with Crippen LogP contribution >= 0.6 is 15.9 Å². The van der Waals surface area contributed by atoms with Crippen molar-refractivity contribution in [3.63, 3.8) is 0 Å². The molecule has 116 valence electrons. The first kappa shape index (κ1) is 15.6. The minimum absolute atomic E-state index is 0.0666. The number of benzene rings is 2. The minimum Gasteiger partial charge on any atom is -0.368 e. The highest BCUT2D eigenvalue weighted by Crippen LogP contribution is 2.21. The maximum atomic E-state index is 12.6. The highest BCUT2D eigenvalue weighted by atomic mass is 79.9. The van der Waals surface area contributed by atoms with Crippen LogP contribution in [0.5, 0.6) is 0 Å². The standard InChI is InChI=1S/C18H16BrN3O/c19-17-4-2-1-3-16(17)18(23)22-11-9-21(10-12-22)15-7-5-14(13-20)6-8-15/h1-8H,9-12H2. The summed E-state index contributed by atoms with van der Waals surface area (Å²) in [5.74, 6) is 0.0666. The summed E-state index contributed by atoms with van der Waals surface area (Å²) < 4.78 is 0.833. The molecule has 0 unspecified atom stereocenters. The monoisotopic (exact) mass is 369 g/mol. The Morgan fingerprint density at radius 2 is 1.65 bits per heavy atom. The van der Waals surface area contributed by atoms with Crippen molar-refractivity contribution in [3.05, 3.63) is 64.1 Å². The fourth-order valence-corrected chi connectivity index (χ4v) is 3.17. The van der Waals surface area contributed by atoms with E-state index in [9.17, 15) is 4.79 Å². The van der Waals surface area contributed by atoms with Gasteiger partial charge in [0, 0.05) is 36.3 Å². The van der Waals surface area contributed by atoms with Crippen LogP contribution in [-0.2, 0) is 0 Å². The van der Waals surface area contributed by atoms with E-state index in [1.165, 1.54) is 0 Å². The second-order valence-corrected chi connectivity index (χ2v) is 6.27. The molecular weight excluding hydrogens is 354 g/mol. The molecule has 0 saturated carbocycles. The first-order valence-electron chi connectivity index (χ1n) is 7.48. The molecule has 1 aliphatic rings. The summed E-state index contributed by atoms with van der Waals surface area (Å²) >= 11 is 3.44. The van der Waals surface area contributed by atoms with E-state index in [1.54, 1.807) is 0 Å². The highest BCUT2D eigenvalue weighted by molar-refractivity contribution is 9.10. The van der Waals surface area contributed by atoms with Gasteiger partial charge < -0.3 is 9.80 Å². The van der Waals surface area contributed by atoms with Crippen LogP contribution in [0.1, 0.15) is 15.9 Å². The van der Waals surface area contributed by atoms with Crippen LogP contribution in [0.15, 0.2) is 53.0 Å². The third-order valence-corrected chi connectivity index (χ3v) is 4.72. The van der Waals surface area contributed by atoms with E-state index in [1.807, 2.05) is 53.4 Å². The number of anilines is 1. The lowest BCUT2D eigenvalue weighted by atomic mass is 10.1. The molecule has 0 bridgehead atoms. The van der Waals surface area contributed by atoms with Crippen LogP contribution in [0.25, 0.3) is 0 Å². The van der Waals surface area contributed by atoms with Gasteiger partial charge >= 0.3 is 0 Å². The molecule has 0 aliphatic carbocycles. The van der Waals surface area contributed by atoms with E-state index in [0.717, 1.165) is 23.2 Å². The van der Waals surface area contributed by atoms with Crippen LogP contribution in [0.2, 0.25) is 0 Å². The summed E-state index contributed by atoms with van der Waals surface area (Å²) in [5, 5.41) is 8.85. The van der Waals surface area contributed by atoms with Gasteiger partial charge in [-0.15, -0.1) is 0 Å². The Bertz CT molecular complexity index is 744. The van der Waals surface area contributed by atoms with Crippen LogP contribution in [0.3, 0.4) is 0 Å². The molecule has 5 heteroatoms. The minimum atomic E-state index is 0.0666. The van der Waals surface area contributed by atoms with Gasteiger partial charge in [-0.2, -0.15) is 5.26 Å². The highest BCUT2D eigenvalue weighted by Gasteiger charge is 2.23. The summed E-state index contributed by atoms with van der Waals surface area (Å²) in [4.78, 5) is 16.7. The number of carbonyl (C=O) groups excluding carboxylic acids is 1. The third kappa shape index (κ3) is 3.38. The molecule has 1 aliphatic heterocycles. The number of piperazine rings is 1. The lowest BCUT2D eigenvalue weighted by Gasteiger charge is -2.36. The maximum absolute atomic E-state index is 12.6. The van der Waals surface area contributed by atoms with E-state index in [2.05, 4.69) is 26.9 Å². The molecule has 0 aromatic heterocycles. The van der Waals surface area contributed by atoms with Gasteiger partial charge in [0.15, 0.2) is 0 Å². The van der Waals surface area contributed by atoms with E-state index in [-0.39, 0.29) is 5.91 Å². The number of hydrogen-bond donors (Lipinski definition) is 0. The molecule has 4 nitrogen and oxygen atoms in total. The van der Waals surface area contributed by atoms with Crippen molar-refractivity contribution in [2.45, 2.75) is 0 Å². The van der Waals surface area contributed by atoms with Crippen molar-refractivity contribution >= 4 is 27.5 Å². The number of nitrogens with zero attached hydrogens (tertiary/aromatic N) is 3. The Kier molecular flexibility index (Phi) is 4.63. The van der Waals surface area contributed by atoms with Crippen molar-refractivity contribution in [1.29, 1.82) is 5.26 Å². The van der Waals surface area contributed by atoms with E-state index in [4.69, 9.17) is 5.26 Å². The summed E-state index contributed by atoms with van der Waals surface area (Å²) in [7, 11) is 0. The number of rotatable bonds is 2. The fourth-order valence-electron chi connectivity index (χ4n) is 2.72. The Hall–Kier alpha value is -2.32. The molecule has 3 rings (SSSR count). The van der Waals surface area contributed by atoms with Crippen molar-refractivity contribution in [2.24, 2.45) is 0 Å². The zero-order chi connectivity index (χ0) is 16.2. The average Bonchev–Trinajstić information content (AvgIpc) is 2.62. The Morgan fingerprint density at radius 1 is 1.00 bits per heavy atom. The molecule has 0 radical (unpaired) electrons. The number of halogens is 1. The predicted molar refractivity (Wildman–Crippen MR) is 93.4 cm³/mol. The molecule has 2 aromatic carbocycles. The van der Waals surface area contributed by atoms with Crippen LogP contribution in [-0.4, -0.2) is 37.0 Å². The van der Waals surface area contributed by atoms with E-state index < -0.39 is 0 Å². The summed E-state index contributed by atoms with van der Waals surface area (Å²) in [6.45, 7) is 2.98. The maximum Gasteiger partial charge on any atom is 0.255 e. The van der Waals surface area contributed by atoms with Crippen LogP contribution < -0.4 is 4.90 Å². The van der Waals surface area contributed by atoms with E-state index >= 15 is 0 Å². The number of nitriles is 1. The van der Waals surface area contributed by atoms with Gasteiger partial charge in [-0.25, -0.2) is 0 Å². The molecule has 0 N–H and O–H groups in total. The van der Waals surface area contributed by atoms with Crippen LogP contribution in [0, 0.1) is 11.3 Å². The Balaban J connectivity index is 1.65. The third-order valence-electron chi connectivity index (χ3n) is 4.03. The zero-order valence-corrected chi connectivity index (χ0v) is 14.2. The summed E-state index contributed by atoms with van der Waals surface area (Å²) in [5.41, 5.74) is 2.47. The zero-order valence-electron chi connectivity index (χ0n) is 12.6. The first-order chi connectivity index (χ1) is 11.2.